The van der Waals surface area contributed by atoms with Gasteiger partial charge in [-0.15, -0.1) is 0 Å². The molecule has 3 N–H and O–H groups in total. The molecule has 0 heterocycles. The van der Waals surface area contributed by atoms with Gasteiger partial charge in [-0.3, -0.25) is 0 Å². The number of ether oxygens (including phenoxy) is 1. The lowest BCUT2D eigenvalue weighted by molar-refractivity contribution is 0.0698. The highest BCUT2D eigenvalue weighted by molar-refractivity contribution is 5.93. The van der Waals surface area contributed by atoms with Crippen molar-refractivity contribution in [1.82, 2.24) is 0 Å². The Hall–Kier alpha value is -2.49. The van der Waals surface area contributed by atoms with Crippen LogP contribution in [-0.4, -0.2) is 11.1 Å². The Bertz CT molecular complexity index is 678. The quantitative estimate of drug-likeness (QED) is 0.826. The molecule has 0 atom stereocenters. The molecule has 0 saturated heterocycles. The van der Waals surface area contributed by atoms with Crippen LogP contribution in [-0.2, 0) is 0 Å². The Morgan fingerprint density at radius 3 is 2.48 bits per heavy atom. The molecule has 0 saturated carbocycles. The Balaban J connectivity index is 2.32. The standard InChI is InChI=1S/C17H19NO3/c1-10(2)12-5-4-11(3)16(8-12)21-13-6-7-14(17(19)20)15(18)9-13/h4-10H,18H2,1-3H3,(H,19,20). The zero-order valence-corrected chi connectivity index (χ0v) is 12.4. The summed E-state index contributed by atoms with van der Waals surface area (Å²) in [4.78, 5) is 10.9. The molecule has 2 rings (SSSR count). The van der Waals surface area contributed by atoms with Gasteiger partial charge in [-0.25, -0.2) is 4.79 Å². The van der Waals surface area contributed by atoms with Crippen LogP contribution in [0, 0.1) is 6.92 Å². The third-order valence-electron chi connectivity index (χ3n) is 3.36. The molecule has 4 nitrogen and oxygen atoms in total. The normalized spacial score (nSPS) is 10.7. The molecule has 0 amide bonds. The van der Waals surface area contributed by atoms with Crippen molar-refractivity contribution in [3.05, 3.63) is 53.1 Å². The monoisotopic (exact) mass is 285 g/mol. The van der Waals surface area contributed by atoms with E-state index in [4.69, 9.17) is 15.6 Å². The van der Waals surface area contributed by atoms with Crippen molar-refractivity contribution in [2.75, 3.05) is 5.73 Å². The van der Waals surface area contributed by atoms with Gasteiger partial charge in [-0.2, -0.15) is 0 Å². The van der Waals surface area contributed by atoms with E-state index < -0.39 is 5.97 Å². The van der Waals surface area contributed by atoms with Crippen LogP contribution in [0.15, 0.2) is 36.4 Å². The van der Waals surface area contributed by atoms with E-state index >= 15 is 0 Å². The number of carboxylic acid groups (broad SMARTS) is 1. The van der Waals surface area contributed by atoms with Gasteiger partial charge in [0.05, 0.1) is 5.56 Å². The number of carboxylic acids is 1. The number of aryl methyl sites for hydroxylation is 1. The second-order valence-corrected chi connectivity index (χ2v) is 5.34. The fourth-order valence-electron chi connectivity index (χ4n) is 2.01. The summed E-state index contributed by atoms with van der Waals surface area (Å²) < 4.78 is 5.84. The maximum Gasteiger partial charge on any atom is 0.337 e. The number of carbonyl (C=O) groups is 1. The lowest BCUT2D eigenvalue weighted by Crippen LogP contribution is -2.02. The second kappa shape index (κ2) is 5.87. The number of aromatic carboxylic acids is 1. The lowest BCUT2D eigenvalue weighted by atomic mass is 10.0. The number of anilines is 1. The van der Waals surface area contributed by atoms with Gasteiger partial charge in [-0.1, -0.05) is 26.0 Å². The van der Waals surface area contributed by atoms with Gasteiger partial charge in [0.15, 0.2) is 0 Å². The zero-order chi connectivity index (χ0) is 15.6. The van der Waals surface area contributed by atoms with Crippen LogP contribution in [0.5, 0.6) is 11.5 Å². The molecule has 0 unspecified atom stereocenters. The first-order valence-electron chi connectivity index (χ1n) is 6.79. The van der Waals surface area contributed by atoms with Crippen LogP contribution < -0.4 is 10.5 Å². The fourth-order valence-corrected chi connectivity index (χ4v) is 2.01. The Labute approximate surface area is 124 Å². The number of benzene rings is 2. The largest absolute Gasteiger partial charge is 0.478 e. The molecule has 0 bridgehead atoms. The van der Waals surface area contributed by atoms with Crippen LogP contribution in [0.4, 0.5) is 5.69 Å². The summed E-state index contributed by atoms with van der Waals surface area (Å²) in [6.07, 6.45) is 0. The molecule has 0 spiro atoms. The molecule has 0 aliphatic rings. The average Bonchev–Trinajstić information content (AvgIpc) is 2.40. The molecule has 0 aliphatic heterocycles. The summed E-state index contributed by atoms with van der Waals surface area (Å²) in [6.45, 7) is 6.20. The number of nitrogens with two attached hydrogens (primary N) is 1. The fraction of sp³-hybridized carbons (Fsp3) is 0.235. The van der Waals surface area contributed by atoms with E-state index in [9.17, 15) is 4.79 Å². The molecule has 2 aromatic rings. The van der Waals surface area contributed by atoms with Crippen molar-refractivity contribution in [2.24, 2.45) is 0 Å². The van der Waals surface area contributed by atoms with Crippen molar-refractivity contribution in [3.63, 3.8) is 0 Å². The summed E-state index contributed by atoms with van der Waals surface area (Å²) in [5.41, 5.74) is 8.20. The minimum atomic E-state index is -1.04. The highest BCUT2D eigenvalue weighted by Gasteiger charge is 2.10. The predicted molar refractivity (Wildman–Crippen MR) is 83.2 cm³/mol. The summed E-state index contributed by atoms with van der Waals surface area (Å²) in [7, 11) is 0. The van der Waals surface area contributed by atoms with E-state index in [1.807, 2.05) is 19.1 Å². The SMILES string of the molecule is Cc1ccc(C(C)C)cc1Oc1ccc(C(=O)O)c(N)c1. The molecular formula is C17H19NO3. The average molecular weight is 285 g/mol. The zero-order valence-electron chi connectivity index (χ0n) is 12.4. The van der Waals surface area contributed by atoms with E-state index in [1.54, 1.807) is 6.07 Å². The van der Waals surface area contributed by atoms with Gasteiger partial charge in [0.25, 0.3) is 0 Å². The van der Waals surface area contributed by atoms with Gasteiger partial charge in [-0.05, 0) is 42.2 Å². The molecule has 21 heavy (non-hydrogen) atoms. The lowest BCUT2D eigenvalue weighted by Gasteiger charge is -2.13. The number of hydrogen-bond acceptors (Lipinski definition) is 3. The van der Waals surface area contributed by atoms with Crippen LogP contribution >= 0.6 is 0 Å². The van der Waals surface area contributed by atoms with Crippen molar-refractivity contribution in [2.45, 2.75) is 26.7 Å². The van der Waals surface area contributed by atoms with Crippen LogP contribution in [0.25, 0.3) is 0 Å². The van der Waals surface area contributed by atoms with Gasteiger partial charge < -0.3 is 15.6 Å². The van der Waals surface area contributed by atoms with Gasteiger partial charge in [0.2, 0.25) is 0 Å². The maximum atomic E-state index is 10.9. The maximum absolute atomic E-state index is 10.9. The number of nitrogen functional groups attached to an aromatic ring is 1. The van der Waals surface area contributed by atoms with Crippen molar-refractivity contribution in [3.8, 4) is 11.5 Å². The van der Waals surface area contributed by atoms with Crippen molar-refractivity contribution >= 4 is 11.7 Å². The highest BCUT2D eigenvalue weighted by Crippen LogP contribution is 2.30. The molecule has 110 valence electrons. The topological polar surface area (TPSA) is 72.5 Å². The Morgan fingerprint density at radius 2 is 1.90 bits per heavy atom. The summed E-state index contributed by atoms with van der Waals surface area (Å²) in [5, 5.41) is 8.97. The van der Waals surface area contributed by atoms with Gasteiger partial charge in [0, 0.05) is 11.8 Å². The van der Waals surface area contributed by atoms with Crippen molar-refractivity contribution in [1.29, 1.82) is 0 Å². The molecule has 0 fully saturated rings. The van der Waals surface area contributed by atoms with Gasteiger partial charge in [0.1, 0.15) is 11.5 Å². The van der Waals surface area contributed by atoms with Crippen molar-refractivity contribution < 1.29 is 14.6 Å². The highest BCUT2D eigenvalue weighted by atomic mass is 16.5. The molecular weight excluding hydrogens is 266 g/mol. The van der Waals surface area contributed by atoms with E-state index in [1.165, 1.54) is 17.7 Å². The van der Waals surface area contributed by atoms with Gasteiger partial charge >= 0.3 is 5.97 Å². The Morgan fingerprint density at radius 1 is 1.19 bits per heavy atom. The summed E-state index contributed by atoms with van der Waals surface area (Å²) in [5.74, 6) is 0.648. The van der Waals surface area contributed by atoms with Crippen LogP contribution in [0.1, 0.15) is 41.3 Å². The number of rotatable bonds is 4. The predicted octanol–water partition coefficient (Wildman–Crippen LogP) is 4.19. The molecule has 2 aromatic carbocycles. The minimum Gasteiger partial charge on any atom is -0.478 e. The van der Waals surface area contributed by atoms with E-state index in [-0.39, 0.29) is 11.3 Å². The molecule has 4 heteroatoms. The van der Waals surface area contributed by atoms with Crippen LogP contribution in [0.3, 0.4) is 0 Å². The smallest absolute Gasteiger partial charge is 0.337 e. The number of hydrogen-bond donors (Lipinski definition) is 2. The molecule has 0 radical (unpaired) electrons. The third-order valence-corrected chi connectivity index (χ3v) is 3.36. The summed E-state index contributed by atoms with van der Waals surface area (Å²) in [6, 6.07) is 10.7. The minimum absolute atomic E-state index is 0.0787. The molecule has 0 aromatic heterocycles. The first-order chi connectivity index (χ1) is 9.88. The third kappa shape index (κ3) is 3.34. The first kappa shape index (κ1) is 14.9. The molecule has 0 aliphatic carbocycles. The second-order valence-electron chi connectivity index (χ2n) is 5.34. The van der Waals surface area contributed by atoms with Crippen LogP contribution in [0.2, 0.25) is 0 Å². The van der Waals surface area contributed by atoms with E-state index in [0.29, 0.717) is 11.7 Å². The van der Waals surface area contributed by atoms with E-state index in [0.717, 1.165) is 11.3 Å². The Kier molecular flexibility index (Phi) is 4.17. The van der Waals surface area contributed by atoms with E-state index in [2.05, 4.69) is 19.9 Å². The first-order valence-corrected chi connectivity index (χ1v) is 6.79. The summed E-state index contributed by atoms with van der Waals surface area (Å²) >= 11 is 0.